The number of aliphatic hydroxyl groups is 1. The minimum Gasteiger partial charge on any atom is -0.387 e. The highest BCUT2D eigenvalue weighted by Crippen LogP contribution is 2.43. The van der Waals surface area contributed by atoms with E-state index >= 15 is 0 Å². The third-order valence-corrected chi connectivity index (χ3v) is 13.9. The van der Waals surface area contributed by atoms with Crippen molar-refractivity contribution >= 4 is 13.7 Å². The molecule has 0 saturated carbocycles. The van der Waals surface area contributed by atoms with Gasteiger partial charge in [0.25, 0.3) is 0 Å². The summed E-state index contributed by atoms with van der Waals surface area (Å²) in [5, 5.41) is 13.9. The van der Waals surface area contributed by atoms with Gasteiger partial charge in [0.1, 0.15) is 13.2 Å². The SMILES string of the molecule is CCCCCCCCCCCCC/C=C\CCCCCCCCCC(=O)NC(COP(=O)(O)OCC[N+](C)(C)C)C(O)/C=C/CCCCCCCCCCCCCCCCCCCCC. The van der Waals surface area contributed by atoms with Crippen LogP contribution in [0, 0.1) is 0 Å². The van der Waals surface area contributed by atoms with Gasteiger partial charge in [0.2, 0.25) is 5.91 Å². The average Bonchev–Trinajstić information content (AvgIpc) is 3.26. The fourth-order valence-corrected chi connectivity index (χ4v) is 9.19. The fraction of sp³-hybridized carbons (Fsp3) is 0.911. The summed E-state index contributed by atoms with van der Waals surface area (Å²) in [7, 11) is 1.58. The first-order chi connectivity index (χ1) is 31.5. The van der Waals surface area contributed by atoms with Gasteiger partial charge in [-0.15, -0.1) is 0 Å². The summed E-state index contributed by atoms with van der Waals surface area (Å²) < 4.78 is 23.7. The number of rotatable bonds is 52. The zero-order valence-electron chi connectivity index (χ0n) is 44.0. The predicted octanol–water partition coefficient (Wildman–Crippen LogP) is 16.8. The summed E-state index contributed by atoms with van der Waals surface area (Å²) in [5.41, 5.74) is 0. The van der Waals surface area contributed by atoms with Crippen molar-refractivity contribution in [1.82, 2.24) is 5.32 Å². The number of likely N-dealkylation sites (N-methyl/N-ethyl adjacent to an activating group) is 1. The van der Waals surface area contributed by atoms with Gasteiger partial charge in [-0.3, -0.25) is 13.8 Å². The van der Waals surface area contributed by atoms with Gasteiger partial charge in [0.05, 0.1) is 39.9 Å². The molecule has 0 aliphatic rings. The first-order valence-electron chi connectivity index (χ1n) is 28.2. The molecule has 0 rings (SSSR count). The van der Waals surface area contributed by atoms with Crippen molar-refractivity contribution in [3.8, 4) is 0 Å². The molecule has 3 N–H and O–H groups in total. The predicted molar refractivity (Wildman–Crippen MR) is 281 cm³/mol. The number of allylic oxidation sites excluding steroid dienone is 3. The van der Waals surface area contributed by atoms with Crippen LogP contribution in [0.25, 0.3) is 0 Å². The number of phosphoric ester groups is 1. The molecule has 0 spiro atoms. The lowest BCUT2D eigenvalue weighted by molar-refractivity contribution is -0.870. The van der Waals surface area contributed by atoms with Crippen molar-refractivity contribution in [2.24, 2.45) is 0 Å². The van der Waals surface area contributed by atoms with Crippen LogP contribution in [-0.4, -0.2) is 73.4 Å². The van der Waals surface area contributed by atoms with E-state index in [0.717, 1.165) is 38.5 Å². The molecule has 0 fully saturated rings. The van der Waals surface area contributed by atoms with Crippen molar-refractivity contribution < 1.29 is 32.9 Å². The number of nitrogens with one attached hydrogen (secondary N) is 1. The molecule has 9 heteroatoms. The van der Waals surface area contributed by atoms with E-state index in [1.165, 1.54) is 218 Å². The molecule has 0 aliphatic heterocycles. The Hall–Kier alpha value is -1.02. The molecule has 0 radical (unpaired) electrons. The highest BCUT2D eigenvalue weighted by atomic mass is 31.2. The summed E-state index contributed by atoms with van der Waals surface area (Å²) in [5.74, 6) is -0.177. The monoisotopic (exact) mass is 940 g/mol. The number of carbonyl (C=O) groups is 1. The van der Waals surface area contributed by atoms with Gasteiger partial charge in [-0.05, 0) is 44.9 Å². The van der Waals surface area contributed by atoms with Crippen LogP contribution in [0.1, 0.15) is 277 Å². The fourth-order valence-electron chi connectivity index (χ4n) is 8.45. The molecular weight excluding hydrogens is 828 g/mol. The maximum absolute atomic E-state index is 13.0. The smallest absolute Gasteiger partial charge is 0.387 e. The molecule has 0 bridgehead atoms. The van der Waals surface area contributed by atoms with Gasteiger partial charge in [0.15, 0.2) is 0 Å². The average molecular weight is 940 g/mol. The Kier molecular flexibility index (Phi) is 47.3. The third-order valence-electron chi connectivity index (χ3n) is 12.9. The molecule has 8 nitrogen and oxygen atoms in total. The quantitative estimate of drug-likeness (QED) is 0.0243. The topological polar surface area (TPSA) is 105 Å². The van der Waals surface area contributed by atoms with Crippen LogP contribution in [0.15, 0.2) is 24.3 Å². The third kappa shape index (κ3) is 50.7. The second kappa shape index (κ2) is 48.0. The molecule has 1 amide bonds. The molecule has 0 aromatic heterocycles. The van der Waals surface area contributed by atoms with Gasteiger partial charge in [-0.2, -0.15) is 0 Å². The Morgan fingerprint density at radius 3 is 1.18 bits per heavy atom. The van der Waals surface area contributed by atoms with Crippen LogP contribution in [-0.2, 0) is 18.4 Å². The second-order valence-corrected chi connectivity index (χ2v) is 22.1. The Morgan fingerprint density at radius 2 is 0.831 bits per heavy atom. The Bertz CT molecular complexity index is 1110. The maximum atomic E-state index is 13.0. The van der Waals surface area contributed by atoms with Crippen LogP contribution in [0.2, 0.25) is 0 Å². The zero-order chi connectivity index (χ0) is 47.8. The number of quaternary nitrogens is 1. The molecular formula is C56H112N2O6P+. The molecule has 65 heavy (non-hydrogen) atoms. The summed E-state index contributed by atoms with van der Waals surface area (Å²) >= 11 is 0. The van der Waals surface area contributed by atoms with E-state index in [9.17, 15) is 19.4 Å². The first kappa shape index (κ1) is 64.0. The lowest BCUT2D eigenvalue weighted by Crippen LogP contribution is -2.45. The molecule has 0 aliphatic carbocycles. The summed E-state index contributed by atoms with van der Waals surface area (Å²) in [6.45, 7) is 4.85. The number of nitrogens with zero attached hydrogens (tertiary/aromatic N) is 1. The van der Waals surface area contributed by atoms with Crippen molar-refractivity contribution in [2.75, 3.05) is 40.9 Å². The van der Waals surface area contributed by atoms with Gasteiger partial charge in [-0.25, -0.2) is 4.57 Å². The minimum atomic E-state index is -4.34. The number of aliphatic hydroxyl groups excluding tert-OH is 1. The Labute approximate surface area is 404 Å². The number of phosphoric acid groups is 1. The van der Waals surface area contributed by atoms with Gasteiger partial charge < -0.3 is 19.8 Å². The van der Waals surface area contributed by atoms with Crippen LogP contribution < -0.4 is 5.32 Å². The van der Waals surface area contributed by atoms with E-state index in [1.807, 2.05) is 27.2 Å². The zero-order valence-corrected chi connectivity index (χ0v) is 44.9. The van der Waals surface area contributed by atoms with E-state index in [1.54, 1.807) is 6.08 Å². The number of hydrogen-bond acceptors (Lipinski definition) is 5. The largest absolute Gasteiger partial charge is 0.472 e. The molecule has 386 valence electrons. The van der Waals surface area contributed by atoms with Gasteiger partial charge in [-0.1, -0.05) is 250 Å². The number of unbranched alkanes of at least 4 members (excludes halogenated alkanes) is 37. The van der Waals surface area contributed by atoms with Crippen molar-refractivity contribution in [3.05, 3.63) is 24.3 Å². The van der Waals surface area contributed by atoms with Crippen molar-refractivity contribution in [1.29, 1.82) is 0 Å². The maximum Gasteiger partial charge on any atom is 0.472 e. The number of hydrogen-bond donors (Lipinski definition) is 3. The minimum absolute atomic E-state index is 0.0623. The lowest BCUT2D eigenvalue weighted by atomic mass is 10.0. The number of carbonyl (C=O) groups excluding carboxylic acids is 1. The summed E-state index contributed by atoms with van der Waals surface area (Å²) in [4.78, 5) is 23.3. The molecule has 0 saturated heterocycles. The van der Waals surface area contributed by atoms with Crippen LogP contribution in [0.3, 0.4) is 0 Å². The molecule has 3 unspecified atom stereocenters. The van der Waals surface area contributed by atoms with Crippen molar-refractivity contribution in [2.45, 2.75) is 289 Å². The highest BCUT2D eigenvalue weighted by Gasteiger charge is 2.27. The van der Waals surface area contributed by atoms with E-state index in [4.69, 9.17) is 9.05 Å². The standard InChI is InChI=1S/C56H111N2O6P/c1-6-8-10-12-14-16-18-20-22-24-26-28-30-32-34-36-38-40-42-44-46-48-50-56(60)57-54(53-64-65(61,62)63-52-51-58(3,4)5)55(59)49-47-45-43-41-39-37-35-33-31-29-27-25-23-21-19-17-15-13-11-9-7-2/h30,32,47,49,54-55,59H,6-29,31,33-46,48,50-53H2,1-5H3,(H-,57,60,61,62)/p+1/b32-30-,49-47+. The van der Waals surface area contributed by atoms with Crippen LogP contribution >= 0.6 is 7.82 Å². The Balaban J connectivity index is 4.24. The highest BCUT2D eigenvalue weighted by molar-refractivity contribution is 7.47. The van der Waals surface area contributed by atoms with Gasteiger partial charge >= 0.3 is 7.82 Å². The normalized spacial score (nSPS) is 14.1. The van der Waals surface area contributed by atoms with E-state index < -0.39 is 20.0 Å². The van der Waals surface area contributed by atoms with E-state index in [-0.39, 0.29) is 19.1 Å². The second-order valence-electron chi connectivity index (χ2n) is 20.7. The summed E-state index contributed by atoms with van der Waals surface area (Å²) in [6, 6.07) is -0.847. The Morgan fingerprint density at radius 1 is 0.508 bits per heavy atom. The molecule has 3 atom stereocenters. The van der Waals surface area contributed by atoms with Crippen LogP contribution in [0.5, 0.6) is 0 Å². The lowest BCUT2D eigenvalue weighted by Gasteiger charge is -2.25. The first-order valence-corrected chi connectivity index (χ1v) is 29.7. The molecule has 0 aromatic rings. The summed E-state index contributed by atoms with van der Waals surface area (Å²) in [6.07, 6.45) is 59.8. The molecule has 0 heterocycles. The number of amides is 1. The molecule has 0 aromatic carbocycles. The van der Waals surface area contributed by atoms with E-state index in [2.05, 4.69) is 31.3 Å². The van der Waals surface area contributed by atoms with Crippen molar-refractivity contribution in [3.63, 3.8) is 0 Å². The van der Waals surface area contributed by atoms with Gasteiger partial charge in [0, 0.05) is 6.42 Å². The van der Waals surface area contributed by atoms with Crippen LogP contribution in [0.4, 0.5) is 0 Å². The van der Waals surface area contributed by atoms with E-state index in [0.29, 0.717) is 17.4 Å².